The number of hydrogen-bond acceptors (Lipinski definition) is 0. The molecule has 0 nitrogen and oxygen atoms in total. The number of hydrogen-bond donors (Lipinski definition) is 0. The van der Waals surface area contributed by atoms with Crippen LogP contribution in [-0.2, 0) is 0 Å². The average Bonchev–Trinajstić information content (AvgIpc) is 2.69. The second kappa shape index (κ2) is 4.58. The van der Waals surface area contributed by atoms with Gasteiger partial charge in [-0.15, -0.1) is 0 Å². The second-order valence-electron chi connectivity index (χ2n) is 7.24. The van der Waals surface area contributed by atoms with Gasteiger partial charge in [0.1, 0.15) is 0 Å². The molecule has 1 radical (unpaired) electrons. The van der Waals surface area contributed by atoms with E-state index >= 15 is 0 Å². The molecule has 2 aliphatic carbocycles. The van der Waals surface area contributed by atoms with Crippen LogP contribution in [0.2, 0.25) is 0 Å². The van der Waals surface area contributed by atoms with Gasteiger partial charge in [0.25, 0.3) is 0 Å². The molecule has 1 aromatic carbocycles. The summed E-state index contributed by atoms with van der Waals surface area (Å²) in [5, 5.41) is 0. The van der Waals surface area contributed by atoms with Crippen LogP contribution in [0.3, 0.4) is 0 Å². The van der Waals surface area contributed by atoms with E-state index in [1.807, 2.05) is 5.97 Å². The number of allylic oxidation sites excluding steroid dienone is 4. The van der Waals surface area contributed by atoms with Gasteiger partial charge in [-0.1, -0.05) is 0 Å². The van der Waals surface area contributed by atoms with Gasteiger partial charge in [0, 0.05) is 0 Å². The Morgan fingerprint density at radius 3 is 2.65 bits per heavy atom. The van der Waals surface area contributed by atoms with Crippen molar-refractivity contribution in [3.05, 3.63) is 52.6 Å². The van der Waals surface area contributed by atoms with Crippen LogP contribution in [0.5, 0.6) is 0 Å². The fourth-order valence-corrected chi connectivity index (χ4v) is 3.48. The Labute approximate surface area is 123 Å². The van der Waals surface area contributed by atoms with E-state index in [1.165, 1.54) is 27.8 Å². The summed E-state index contributed by atoms with van der Waals surface area (Å²) in [4.78, 5) is 0. The van der Waals surface area contributed by atoms with E-state index in [9.17, 15) is 0 Å². The van der Waals surface area contributed by atoms with Gasteiger partial charge in [-0.25, -0.2) is 0 Å². The second-order valence-corrected chi connectivity index (χ2v) is 7.24. The Hall–Kier alpha value is -1.37. The molecule has 1 unspecified atom stereocenters. The molecule has 2 atom stereocenters. The summed E-state index contributed by atoms with van der Waals surface area (Å²) in [6.07, 6.45) is 5.84. The van der Waals surface area contributed by atoms with Crippen molar-refractivity contribution in [3.8, 4) is 0 Å². The topological polar surface area (TPSA) is 0 Å². The zero-order valence-electron chi connectivity index (χ0n) is 12.9. The molecule has 0 heterocycles. The summed E-state index contributed by atoms with van der Waals surface area (Å²) < 4.78 is 0. The van der Waals surface area contributed by atoms with E-state index in [0.717, 1.165) is 6.42 Å². The molecular formula is C19H22B. The van der Waals surface area contributed by atoms with E-state index in [-0.39, 0.29) is 0 Å². The Kier molecular flexibility index (Phi) is 3.12. The first-order chi connectivity index (χ1) is 9.41. The molecule has 0 saturated carbocycles. The molecule has 0 amide bonds. The number of rotatable bonds is 1. The summed E-state index contributed by atoms with van der Waals surface area (Å²) in [6, 6.07) is 6.75. The van der Waals surface area contributed by atoms with Gasteiger partial charge < -0.3 is 0 Å². The molecular weight excluding hydrogens is 239 g/mol. The van der Waals surface area contributed by atoms with Crippen molar-refractivity contribution in [1.82, 2.24) is 0 Å². The first-order valence-electron chi connectivity index (χ1n) is 7.49. The van der Waals surface area contributed by atoms with Gasteiger partial charge in [0.2, 0.25) is 0 Å². The fraction of sp³-hybridized carbons (Fsp3) is 0.421. The summed E-state index contributed by atoms with van der Waals surface area (Å²) >= 11 is 0. The number of aryl methyl sites for hydroxylation is 1. The molecule has 2 aliphatic rings. The molecule has 0 fully saturated rings. The predicted octanol–water partition coefficient (Wildman–Crippen LogP) is 4.44. The van der Waals surface area contributed by atoms with Crippen LogP contribution in [0.1, 0.15) is 49.8 Å². The van der Waals surface area contributed by atoms with Crippen LogP contribution in [0, 0.1) is 18.3 Å². The third-order valence-corrected chi connectivity index (χ3v) is 4.79. The molecule has 1 aromatic rings. The average molecular weight is 261 g/mol. The van der Waals surface area contributed by atoms with Crippen molar-refractivity contribution in [2.75, 3.05) is 0 Å². The first kappa shape index (κ1) is 13.6. The van der Waals surface area contributed by atoms with Crippen molar-refractivity contribution >= 4 is 19.0 Å². The molecule has 0 aliphatic heterocycles. The summed E-state index contributed by atoms with van der Waals surface area (Å²) in [7, 11) is 5.98. The first-order valence-corrected chi connectivity index (χ1v) is 7.49. The molecule has 20 heavy (non-hydrogen) atoms. The molecule has 3 rings (SSSR count). The number of benzene rings is 1. The molecule has 0 bridgehead atoms. The third kappa shape index (κ3) is 2.04. The minimum atomic E-state index is 0.301. The Bertz CT molecular complexity index is 626. The Morgan fingerprint density at radius 1 is 1.25 bits per heavy atom. The monoisotopic (exact) mass is 261 g/mol. The quantitative estimate of drug-likeness (QED) is 0.655. The minimum absolute atomic E-state index is 0.301. The molecule has 0 N–H and O–H groups in total. The van der Waals surface area contributed by atoms with Gasteiger partial charge in [-0.2, -0.15) is 0 Å². The normalized spacial score (nSPS) is 24.6. The molecule has 0 aromatic heterocycles. The van der Waals surface area contributed by atoms with E-state index in [1.54, 1.807) is 0 Å². The zero-order valence-corrected chi connectivity index (χ0v) is 12.9. The molecule has 1 heteroatoms. The van der Waals surface area contributed by atoms with Crippen LogP contribution >= 0.6 is 0 Å². The number of fused-ring (bicyclic) bond motifs is 2. The summed E-state index contributed by atoms with van der Waals surface area (Å²) in [5.74, 6) is 2.77. The van der Waals surface area contributed by atoms with E-state index in [4.69, 9.17) is 7.49 Å². The van der Waals surface area contributed by atoms with Crippen molar-refractivity contribution in [1.29, 1.82) is 0 Å². The van der Waals surface area contributed by atoms with Crippen molar-refractivity contribution in [2.45, 2.75) is 40.0 Å². The maximum absolute atomic E-state index is 5.98. The predicted molar refractivity (Wildman–Crippen MR) is 89.4 cm³/mol. The van der Waals surface area contributed by atoms with Crippen LogP contribution in [0.4, 0.5) is 0 Å². The Morgan fingerprint density at radius 2 is 2.00 bits per heavy atom. The Balaban J connectivity index is 2.06. The van der Waals surface area contributed by atoms with Gasteiger partial charge >= 0.3 is 123 Å². The van der Waals surface area contributed by atoms with Crippen LogP contribution in [0.25, 0.3) is 5.57 Å². The van der Waals surface area contributed by atoms with Crippen LogP contribution in [0.15, 0.2) is 35.9 Å². The fourth-order valence-electron chi connectivity index (χ4n) is 3.48. The van der Waals surface area contributed by atoms with Gasteiger partial charge in [-0.05, 0) is 0 Å². The van der Waals surface area contributed by atoms with Crippen LogP contribution in [-0.4, -0.2) is 13.5 Å². The van der Waals surface area contributed by atoms with E-state index < -0.39 is 0 Å². The SMILES string of the molecule is [B]=CC1C2=C(C=C[C@@H](C(C)(C)C)C2)c2ccc(C)cc21. The van der Waals surface area contributed by atoms with Crippen molar-refractivity contribution < 1.29 is 0 Å². The van der Waals surface area contributed by atoms with Crippen molar-refractivity contribution in [3.63, 3.8) is 0 Å². The van der Waals surface area contributed by atoms with Gasteiger partial charge in [0.05, 0.1) is 0 Å². The zero-order chi connectivity index (χ0) is 14.5. The standard InChI is InChI=1S/C19H22B/c1-12-5-7-14-15-8-6-13(19(2,3)4)10-17(15)18(11-20)16(14)9-12/h5-9,11,13,18H,10H2,1-4H3/t13-,18?/m1/s1. The van der Waals surface area contributed by atoms with Gasteiger partial charge in [0.15, 0.2) is 0 Å². The summed E-state index contributed by atoms with van der Waals surface area (Å²) in [6.45, 7) is 9.11. The van der Waals surface area contributed by atoms with Crippen LogP contribution < -0.4 is 0 Å². The van der Waals surface area contributed by atoms with Crippen molar-refractivity contribution in [2.24, 2.45) is 11.3 Å². The molecule has 101 valence electrons. The van der Waals surface area contributed by atoms with E-state index in [0.29, 0.717) is 17.3 Å². The van der Waals surface area contributed by atoms with Gasteiger partial charge in [-0.3, -0.25) is 0 Å². The third-order valence-electron chi connectivity index (χ3n) is 4.79. The maximum atomic E-state index is 5.98. The molecule has 0 spiro atoms. The summed E-state index contributed by atoms with van der Waals surface area (Å²) in [5.41, 5.74) is 7.30. The molecule has 0 saturated heterocycles. The van der Waals surface area contributed by atoms with E-state index in [2.05, 4.69) is 58.0 Å².